The summed E-state index contributed by atoms with van der Waals surface area (Å²) in [7, 11) is 4.71. The van der Waals surface area contributed by atoms with E-state index >= 15 is 0 Å². The molecule has 1 amide bonds. The average molecular weight is 374 g/mol. The molecule has 8 heteroatoms. The van der Waals surface area contributed by atoms with Gasteiger partial charge in [0.1, 0.15) is 11.4 Å². The summed E-state index contributed by atoms with van der Waals surface area (Å²) in [4.78, 5) is 12.5. The van der Waals surface area contributed by atoms with Gasteiger partial charge < -0.3 is 24.8 Å². The summed E-state index contributed by atoms with van der Waals surface area (Å²) in [5.41, 5.74) is 1.19. The molecule has 1 unspecified atom stereocenters. The second-order valence-electron chi connectivity index (χ2n) is 6.38. The van der Waals surface area contributed by atoms with Gasteiger partial charge in [-0.2, -0.15) is 5.10 Å². The highest BCUT2D eigenvalue weighted by molar-refractivity contribution is 5.92. The van der Waals surface area contributed by atoms with Crippen LogP contribution in [0.4, 0.5) is 0 Å². The molecule has 27 heavy (non-hydrogen) atoms. The summed E-state index contributed by atoms with van der Waals surface area (Å²) in [6, 6.07) is 5.58. The number of nitrogens with one attached hydrogen (secondary N) is 2. The molecule has 1 aliphatic rings. The first-order chi connectivity index (χ1) is 13.2. The molecule has 0 radical (unpaired) electrons. The Morgan fingerprint density at radius 2 is 1.96 bits per heavy atom. The molecule has 0 bridgehead atoms. The maximum atomic E-state index is 12.5. The Balaban J connectivity index is 1.67. The van der Waals surface area contributed by atoms with E-state index < -0.39 is 0 Å². The van der Waals surface area contributed by atoms with Crippen molar-refractivity contribution in [2.75, 3.05) is 34.4 Å². The smallest absolute Gasteiger partial charge is 0.272 e. The summed E-state index contributed by atoms with van der Waals surface area (Å²) in [6.45, 7) is 2.21. The van der Waals surface area contributed by atoms with Crippen molar-refractivity contribution >= 4 is 5.91 Å². The van der Waals surface area contributed by atoms with Crippen LogP contribution in [0.15, 0.2) is 24.4 Å². The molecule has 8 nitrogen and oxygen atoms in total. The number of ether oxygens (including phenoxy) is 3. The third-order valence-corrected chi connectivity index (χ3v) is 4.71. The van der Waals surface area contributed by atoms with E-state index in [0.29, 0.717) is 35.5 Å². The van der Waals surface area contributed by atoms with Crippen LogP contribution >= 0.6 is 0 Å². The zero-order valence-electron chi connectivity index (χ0n) is 15.9. The standard InChI is InChI=1S/C19H26N4O4/c1-25-16-10-18(27-3)17(26-2)9-13(16)11-21-19(24)15-6-8-23(22-15)14-5-4-7-20-12-14/h6,8-10,14,20H,4-5,7,11-12H2,1-3H3,(H,21,24). The molecule has 3 rings (SSSR count). The second-order valence-corrected chi connectivity index (χ2v) is 6.38. The van der Waals surface area contributed by atoms with E-state index in [1.165, 1.54) is 0 Å². The highest BCUT2D eigenvalue weighted by Gasteiger charge is 2.18. The van der Waals surface area contributed by atoms with E-state index in [2.05, 4.69) is 15.7 Å². The van der Waals surface area contributed by atoms with Gasteiger partial charge in [0.05, 0.1) is 27.4 Å². The van der Waals surface area contributed by atoms with Gasteiger partial charge >= 0.3 is 0 Å². The van der Waals surface area contributed by atoms with Crippen LogP contribution in [-0.4, -0.2) is 50.1 Å². The molecule has 146 valence electrons. The maximum Gasteiger partial charge on any atom is 0.272 e. The predicted molar refractivity (Wildman–Crippen MR) is 101 cm³/mol. The lowest BCUT2D eigenvalue weighted by molar-refractivity contribution is 0.0944. The van der Waals surface area contributed by atoms with E-state index in [9.17, 15) is 4.79 Å². The van der Waals surface area contributed by atoms with Gasteiger partial charge in [-0.15, -0.1) is 0 Å². The lowest BCUT2D eigenvalue weighted by atomic mass is 10.1. The zero-order chi connectivity index (χ0) is 19.2. The quantitative estimate of drug-likeness (QED) is 0.768. The summed E-state index contributed by atoms with van der Waals surface area (Å²) in [5.74, 6) is 1.54. The number of rotatable bonds is 7. The van der Waals surface area contributed by atoms with Gasteiger partial charge in [-0.3, -0.25) is 9.48 Å². The average Bonchev–Trinajstić information content (AvgIpc) is 3.22. The van der Waals surface area contributed by atoms with Crippen LogP contribution in [0, 0.1) is 0 Å². The Labute approximate surface area is 158 Å². The van der Waals surface area contributed by atoms with Crippen molar-refractivity contribution in [3.8, 4) is 17.2 Å². The molecule has 1 fully saturated rings. The summed E-state index contributed by atoms with van der Waals surface area (Å²) in [5, 5.41) is 10.7. The number of methoxy groups -OCH3 is 3. The van der Waals surface area contributed by atoms with Crippen molar-refractivity contribution in [3.05, 3.63) is 35.7 Å². The van der Waals surface area contributed by atoms with E-state index in [1.54, 1.807) is 39.5 Å². The van der Waals surface area contributed by atoms with Crippen LogP contribution < -0.4 is 24.8 Å². The number of aromatic nitrogens is 2. The maximum absolute atomic E-state index is 12.5. The molecule has 1 saturated heterocycles. The van der Waals surface area contributed by atoms with Crippen LogP contribution in [0.5, 0.6) is 17.2 Å². The molecule has 1 aliphatic heterocycles. The molecule has 2 heterocycles. The fraction of sp³-hybridized carbons (Fsp3) is 0.474. The van der Waals surface area contributed by atoms with Crippen LogP contribution in [0.1, 0.15) is 34.9 Å². The number of piperidine rings is 1. The third kappa shape index (κ3) is 4.33. The van der Waals surface area contributed by atoms with Crippen molar-refractivity contribution in [1.29, 1.82) is 0 Å². The first kappa shape index (κ1) is 19.0. The molecule has 0 saturated carbocycles. The lowest BCUT2D eigenvalue weighted by Gasteiger charge is -2.22. The fourth-order valence-corrected chi connectivity index (χ4v) is 3.22. The van der Waals surface area contributed by atoms with Gasteiger partial charge in [-0.25, -0.2) is 0 Å². The van der Waals surface area contributed by atoms with Gasteiger partial charge in [0.15, 0.2) is 11.5 Å². The van der Waals surface area contributed by atoms with Gasteiger partial charge in [-0.1, -0.05) is 0 Å². The van der Waals surface area contributed by atoms with Crippen molar-refractivity contribution in [2.45, 2.75) is 25.4 Å². The number of hydrogen-bond donors (Lipinski definition) is 2. The number of nitrogens with zero attached hydrogens (tertiary/aromatic N) is 2. The number of hydrogen-bond acceptors (Lipinski definition) is 6. The minimum atomic E-state index is -0.227. The van der Waals surface area contributed by atoms with Crippen molar-refractivity contribution < 1.29 is 19.0 Å². The van der Waals surface area contributed by atoms with Crippen LogP contribution in [0.2, 0.25) is 0 Å². The molecule has 2 aromatic rings. The SMILES string of the molecule is COc1cc(OC)c(OC)cc1CNC(=O)c1ccn(C2CCCNC2)n1. The van der Waals surface area contributed by atoms with Gasteiger partial charge in [0.2, 0.25) is 0 Å². The molecule has 1 atom stereocenters. The molecular formula is C19H26N4O4. The van der Waals surface area contributed by atoms with Crippen LogP contribution in [0.3, 0.4) is 0 Å². The summed E-state index contributed by atoms with van der Waals surface area (Å²) in [6.07, 6.45) is 4.05. The molecule has 1 aromatic carbocycles. The number of carbonyl (C=O) groups excluding carboxylic acids is 1. The first-order valence-corrected chi connectivity index (χ1v) is 8.99. The topological polar surface area (TPSA) is 86.6 Å². The number of benzene rings is 1. The molecule has 0 aliphatic carbocycles. The monoisotopic (exact) mass is 374 g/mol. The van der Waals surface area contributed by atoms with Gasteiger partial charge in [0.25, 0.3) is 5.91 Å². The van der Waals surface area contributed by atoms with Crippen molar-refractivity contribution in [2.24, 2.45) is 0 Å². The molecular weight excluding hydrogens is 348 g/mol. The van der Waals surface area contributed by atoms with Crippen molar-refractivity contribution in [1.82, 2.24) is 20.4 Å². The third-order valence-electron chi connectivity index (χ3n) is 4.71. The second kappa shape index (κ2) is 8.77. The van der Waals surface area contributed by atoms with E-state index in [-0.39, 0.29) is 5.91 Å². The zero-order valence-corrected chi connectivity index (χ0v) is 15.9. The van der Waals surface area contributed by atoms with E-state index in [4.69, 9.17) is 14.2 Å². The fourth-order valence-electron chi connectivity index (χ4n) is 3.22. The molecule has 1 aromatic heterocycles. The Morgan fingerprint density at radius 3 is 2.63 bits per heavy atom. The largest absolute Gasteiger partial charge is 0.496 e. The van der Waals surface area contributed by atoms with Gasteiger partial charge in [-0.05, 0) is 31.5 Å². The van der Waals surface area contributed by atoms with Gasteiger partial charge in [0, 0.05) is 30.9 Å². The van der Waals surface area contributed by atoms with Crippen LogP contribution in [-0.2, 0) is 6.54 Å². The summed E-state index contributed by atoms with van der Waals surface area (Å²) >= 11 is 0. The predicted octanol–water partition coefficient (Wildman–Crippen LogP) is 1.76. The normalized spacial score (nSPS) is 16.6. The Hall–Kier alpha value is -2.74. The molecule has 2 N–H and O–H groups in total. The minimum absolute atomic E-state index is 0.227. The van der Waals surface area contributed by atoms with Crippen molar-refractivity contribution in [3.63, 3.8) is 0 Å². The Bertz CT molecular complexity index is 784. The van der Waals surface area contributed by atoms with E-state index in [1.807, 2.05) is 10.9 Å². The Kier molecular flexibility index (Phi) is 6.18. The van der Waals surface area contributed by atoms with E-state index in [0.717, 1.165) is 31.5 Å². The first-order valence-electron chi connectivity index (χ1n) is 8.99. The number of amides is 1. The lowest BCUT2D eigenvalue weighted by Crippen LogP contribution is -2.32. The summed E-state index contributed by atoms with van der Waals surface area (Å²) < 4.78 is 17.9. The number of carbonyl (C=O) groups is 1. The Morgan fingerprint density at radius 1 is 1.22 bits per heavy atom. The molecule has 0 spiro atoms. The highest BCUT2D eigenvalue weighted by Crippen LogP contribution is 2.34. The highest BCUT2D eigenvalue weighted by atomic mass is 16.5. The minimum Gasteiger partial charge on any atom is -0.496 e. The van der Waals surface area contributed by atoms with Crippen LogP contribution in [0.25, 0.3) is 0 Å².